The van der Waals surface area contributed by atoms with Crippen molar-refractivity contribution in [2.45, 2.75) is 19.4 Å². The molecule has 3 heterocycles. The van der Waals surface area contributed by atoms with Crippen LogP contribution in [0.1, 0.15) is 30.0 Å². The summed E-state index contributed by atoms with van der Waals surface area (Å²) >= 11 is 13.7. The number of benzene rings is 2. The maximum absolute atomic E-state index is 6.31. The Morgan fingerprint density at radius 2 is 1.97 bits per heavy atom. The fourth-order valence-corrected chi connectivity index (χ4v) is 5.18. The molecule has 4 aromatic rings. The Hall–Kier alpha value is -3.00. The van der Waals surface area contributed by atoms with Crippen LogP contribution >= 0.6 is 35.2 Å². The van der Waals surface area contributed by atoms with E-state index in [-0.39, 0.29) is 6.04 Å². The van der Waals surface area contributed by atoms with Gasteiger partial charge in [0.25, 0.3) is 5.89 Å². The molecule has 1 atom stereocenters. The molecule has 0 aliphatic carbocycles. The molecule has 2 aromatic carbocycles. The maximum Gasteiger partial charge on any atom is 0.258 e. The first-order valence-corrected chi connectivity index (χ1v) is 12.2. The fraction of sp³-hybridized carbons (Fsp3) is 0.160. The van der Waals surface area contributed by atoms with Gasteiger partial charge in [-0.15, -0.1) is 11.3 Å². The van der Waals surface area contributed by atoms with Gasteiger partial charge < -0.3 is 14.7 Å². The average Bonchev–Trinajstić information content (AvgIpc) is 3.51. The Bertz CT molecular complexity index is 1300. The van der Waals surface area contributed by atoms with Crippen LogP contribution in [0.15, 0.2) is 82.3 Å². The quantitative estimate of drug-likeness (QED) is 0.316. The van der Waals surface area contributed by atoms with E-state index in [9.17, 15) is 0 Å². The van der Waals surface area contributed by atoms with Gasteiger partial charge >= 0.3 is 0 Å². The molecule has 0 saturated heterocycles. The first-order chi connectivity index (χ1) is 16.1. The standard InChI is InChI=1S/C25H21ClN4OS2/c1-16-21(24-28-23(29-31-24)20-11-6-14-33-20)22(18-9-5-10-19(26)15-18)27-25(32)30(16)13-12-17-7-3-2-4-8-17/h2-11,14-15,22H,12-13H2,1H3,(H,27,32). The van der Waals surface area contributed by atoms with E-state index in [0.29, 0.717) is 21.9 Å². The average molecular weight is 493 g/mol. The lowest BCUT2D eigenvalue weighted by atomic mass is 9.94. The van der Waals surface area contributed by atoms with Crippen molar-refractivity contribution in [2.75, 3.05) is 6.54 Å². The molecule has 0 amide bonds. The zero-order valence-corrected chi connectivity index (χ0v) is 20.3. The highest BCUT2D eigenvalue weighted by Crippen LogP contribution is 2.38. The lowest BCUT2D eigenvalue weighted by Gasteiger charge is -2.37. The second-order valence-electron chi connectivity index (χ2n) is 7.72. The van der Waals surface area contributed by atoms with Crippen LogP contribution in [0.5, 0.6) is 0 Å². The molecule has 1 aliphatic rings. The van der Waals surface area contributed by atoms with E-state index in [0.717, 1.165) is 34.7 Å². The molecule has 166 valence electrons. The van der Waals surface area contributed by atoms with Gasteiger partial charge in [0.05, 0.1) is 16.5 Å². The monoisotopic (exact) mass is 492 g/mol. The van der Waals surface area contributed by atoms with Crippen molar-refractivity contribution < 1.29 is 4.52 Å². The SMILES string of the molecule is CC1=C(c2nc(-c3cccs3)no2)C(c2cccc(Cl)c2)NC(=S)N1CCc1ccccc1. The topological polar surface area (TPSA) is 54.2 Å². The molecule has 0 saturated carbocycles. The minimum Gasteiger partial charge on any atom is -0.351 e. The van der Waals surface area contributed by atoms with Crippen molar-refractivity contribution in [3.63, 3.8) is 0 Å². The first-order valence-electron chi connectivity index (χ1n) is 10.6. The summed E-state index contributed by atoms with van der Waals surface area (Å²) in [6.07, 6.45) is 0.861. The third kappa shape index (κ3) is 4.57. The van der Waals surface area contributed by atoms with Crippen LogP contribution in [0, 0.1) is 0 Å². The molecule has 5 nitrogen and oxygen atoms in total. The molecular weight excluding hydrogens is 472 g/mol. The molecule has 8 heteroatoms. The number of aromatic nitrogens is 2. The predicted octanol–water partition coefficient (Wildman–Crippen LogP) is 6.36. The summed E-state index contributed by atoms with van der Waals surface area (Å²) in [6.45, 7) is 2.79. The summed E-state index contributed by atoms with van der Waals surface area (Å²) in [5, 5.41) is 11.0. The minimum atomic E-state index is -0.249. The van der Waals surface area contributed by atoms with Gasteiger partial charge in [-0.3, -0.25) is 0 Å². The number of nitrogens with zero attached hydrogens (tertiary/aromatic N) is 3. The summed E-state index contributed by atoms with van der Waals surface area (Å²) in [4.78, 5) is 7.80. The molecular formula is C25H21ClN4OS2. The molecule has 5 rings (SSSR count). The summed E-state index contributed by atoms with van der Waals surface area (Å²) in [7, 11) is 0. The summed E-state index contributed by atoms with van der Waals surface area (Å²) < 4.78 is 5.77. The van der Waals surface area contributed by atoms with Crippen molar-refractivity contribution in [3.05, 3.63) is 99.8 Å². The van der Waals surface area contributed by atoms with Gasteiger partial charge in [0, 0.05) is 17.3 Å². The fourth-order valence-electron chi connectivity index (χ4n) is 3.99. The van der Waals surface area contributed by atoms with Crippen LogP contribution < -0.4 is 5.32 Å². The summed E-state index contributed by atoms with van der Waals surface area (Å²) in [5.41, 5.74) is 4.12. The van der Waals surface area contributed by atoms with Crippen molar-refractivity contribution in [1.82, 2.24) is 20.4 Å². The van der Waals surface area contributed by atoms with E-state index in [4.69, 9.17) is 33.3 Å². The number of thiocarbonyl (C=S) groups is 1. The number of allylic oxidation sites excluding steroid dienone is 1. The van der Waals surface area contributed by atoms with E-state index in [1.54, 1.807) is 11.3 Å². The molecule has 0 bridgehead atoms. The third-order valence-corrected chi connectivity index (χ3v) is 7.08. The molecule has 0 spiro atoms. The smallest absolute Gasteiger partial charge is 0.258 e. The molecule has 1 N–H and O–H groups in total. The lowest BCUT2D eigenvalue weighted by Crippen LogP contribution is -2.46. The highest BCUT2D eigenvalue weighted by atomic mass is 35.5. The number of hydrogen-bond donors (Lipinski definition) is 1. The van der Waals surface area contributed by atoms with Gasteiger partial charge in [0.1, 0.15) is 0 Å². The normalized spacial score (nSPS) is 16.2. The van der Waals surface area contributed by atoms with Gasteiger partial charge in [0.15, 0.2) is 5.11 Å². The zero-order valence-electron chi connectivity index (χ0n) is 17.9. The van der Waals surface area contributed by atoms with E-state index in [2.05, 4.69) is 46.6 Å². The van der Waals surface area contributed by atoms with Crippen LogP contribution in [0.2, 0.25) is 5.02 Å². The minimum absolute atomic E-state index is 0.249. The zero-order chi connectivity index (χ0) is 22.8. The summed E-state index contributed by atoms with van der Waals surface area (Å²) in [5.74, 6) is 1.05. The van der Waals surface area contributed by atoms with E-state index in [1.165, 1.54) is 5.56 Å². The van der Waals surface area contributed by atoms with Crippen LogP contribution in [0.25, 0.3) is 16.3 Å². The third-order valence-electron chi connectivity index (χ3n) is 5.64. The molecule has 0 radical (unpaired) electrons. The number of halogens is 1. The second kappa shape index (κ2) is 9.47. The van der Waals surface area contributed by atoms with E-state index in [1.807, 2.05) is 47.8 Å². The second-order valence-corrected chi connectivity index (χ2v) is 9.50. The van der Waals surface area contributed by atoms with Gasteiger partial charge in [-0.05, 0) is 60.3 Å². The molecule has 33 heavy (non-hydrogen) atoms. The Labute approximate surface area is 206 Å². The summed E-state index contributed by atoms with van der Waals surface area (Å²) in [6, 6.07) is 21.8. The molecule has 1 aliphatic heterocycles. The Morgan fingerprint density at radius 1 is 1.12 bits per heavy atom. The largest absolute Gasteiger partial charge is 0.351 e. The number of thiophene rings is 1. The maximum atomic E-state index is 6.31. The first kappa shape index (κ1) is 21.8. The van der Waals surface area contributed by atoms with Crippen LogP contribution in [0.3, 0.4) is 0 Å². The Kier molecular flexibility index (Phi) is 6.26. The highest BCUT2D eigenvalue weighted by molar-refractivity contribution is 7.80. The van der Waals surface area contributed by atoms with Crippen LogP contribution in [-0.2, 0) is 6.42 Å². The van der Waals surface area contributed by atoms with Crippen LogP contribution in [-0.4, -0.2) is 26.7 Å². The van der Waals surface area contributed by atoms with Crippen molar-refractivity contribution in [3.8, 4) is 10.7 Å². The molecule has 2 aromatic heterocycles. The lowest BCUT2D eigenvalue weighted by molar-refractivity contribution is 0.397. The van der Waals surface area contributed by atoms with Gasteiger partial charge in [0.2, 0.25) is 5.82 Å². The number of hydrogen-bond acceptors (Lipinski definition) is 5. The van der Waals surface area contributed by atoms with Gasteiger partial charge in [-0.2, -0.15) is 4.98 Å². The van der Waals surface area contributed by atoms with Gasteiger partial charge in [-0.25, -0.2) is 0 Å². The highest BCUT2D eigenvalue weighted by Gasteiger charge is 2.34. The van der Waals surface area contributed by atoms with Crippen LogP contribution in [0.4, 0.5) is 0 Å². The van der Waals surface area contributed by atoms with Gasteiger partial charge in [-0.1, -0.05) is 65.3 Å². The molecule has 0 fully saturated rings. The van der Waals surface area contributed by atoms with Crippen molar-refractivity contribution in [2.24, 2.45) is 0 Å². The predicted molar refractivity (Wildman–Crippen MR) is 137 cm³/mol. The van der Waals surface area contributed by atoms with E-state index >= 15 is 0 Å². The molecule has 1 unspecified atom stereocenters. The number of nitrogens with one attached hydrogen (secondary N) is 1. The van der Waals surface area contributed by atoms with Crippen molar-refractivity contribution in [1.29, 1.82) is 0 Å². The van der Waals surface area contributed by atoms with Crippen molar-refractivity contribution >= 4 is 45.8 Å². The Balaban J connectivity index is 1.55. The number of rotatable bonds is 6. The Morgan fingerprint density at radius 3 is 2.73 bits per heavy atom. The van der Waals surface area contributed by atoms with E-state index < -0.39 is 0 Å².